The van der Waals surface area contributed by atoms with Crippen molar-refractivity contribution >= 4 is 0 Å². The molecule has 1 saturated heterocycles. The summed E-state index contributed by atoms with van der Waals surface area (Å²) in [5.41, 5.74) is 4.69. The largest absolute Gasteiger partial charge is 0.364 e. The van der Waals surface area contributed by atoms with Gasteiger partial charge in [0.15, 0.2) is 0 Å². The van der Waals surface area contributed by atoms with Gasteiger partial charge in [-0.3, -0.25) is 9.88 Å². The summed E-state index contributed by atoms with van der Waals surface area (Å²) in [7, 11) is 0. The molecule has 0 radical (unpaired) electrons. The minimum Gasteiger partial charge on any atom is -0.364 e. The number of pyridine rings is 1. The lowest BCUT2D eigenvalue weighted by atomic mass is 10.0. The van der Waals surface area contributed by atoms with Crippen LogP contribution in [0.2, 0.25) is 0 Å². The lowest BCUT2D eigenvalue weighted by Crippen LogP contribution is -2.44. The summed E-state index contributed by atoms with van der Waals surface area (Å²) in [5, 5.41) is 0. The van der Waals surface area contributed by atoms with Crippen LogP contribution in [0.15, 0.2) is 54.9 Å². The van der Waals surface area contributed by atoms with Crippen LogP contribution in [0.5, 0.6) is 0 Å². The van der Waals surface area contributed by atoms with Crippen LogP contribution in [0.3, 0.4) is 0 Å². The highest BCUT2D eigenvalue weighted by molar-refractivity contribution is 5.60. The monoisotopic (exact) mass is 360 g/mol. The van der Waals surface area contributed by atoms with Gasteiger partial charge < -0.3 is 9.30 Å². The molecule has 2 aliphatic heterocycles. The van der Waals surface area contributed by atoms with Gasteiger partial charge in [-0.25, -0.2) is 4.98 Å². The standard InChI is InChI=1S/C22H24N4O/c1-17-5-4-6-18(11-17)20-12-24-21-14-27-22(16-26(20)21)8-10-25(15-22)13-19-7-2-3-9-23-19/h2-7,9,11-12H,8,10,13-16H2,1H3. The molecule has 2 aliphatic rings. The van der Waals surface area contributed by atoms with Gasteiger partial charge in [0.05, 0.1) is 24.1 Å². The predicted octanol–water partition coefficient (Wildman–Crippen LogP) is 3.43. The molecule has 138 valence electrons. The fourth-order valence-electron chi connectivity index (χ4n) is 4.32. The van der Waals surface area contributed by atoms with Crippen molar-refractivity contribution in [1.29, 1.82) is 0 Å². The Bertz CT molecular complexity index is 952. The third kappa shape index (κ3) is 3.17. The van der Waals surface area contributed by atoms with Crippen LogP contribution < -0.4 is 0 Å². The molecule has 27 heavy (non-hydrogen) atoms. The summed E-state index contributed by atoms with van der Waals surface area (Å²) in [4.78, 5) is 11.5. The van der Waals surface area contributed by atoms with E-state index in [0.29, 0.717) is 6.61 Å². The summed E-state index contributed by atoms with van der Waals surface area (Å²) in [6, 6.07) is 14.8. The van der Waals surface area contributed by atoms with Crippen molar-refractivity contribution in [2.45, 2.75) is 38.6 Å². The number of likely N-dealkylation sites (tertiary alicyclic amines) is 1. The number of fused-ring (bicyclic) bond motifs is 1. The Balaban J connectivity index is 1.37. The van der Waals surface area contributed by atoms with Crippen LogP contribution in [-0.2, 0) is 24.4 Å². The minimum atomic E-state index is -0.124. The van der Waals surface area contributed by atoms with E-state index in [4.69, 9.17) is 4.74 Å². The quantitative estimate of drug-likeness (QED) is 0.718. The molecule has 0 amide bonds. The molecule has 2 aromatic heterocycles. The van der Waals surface area contributed by atoms with Crippen molar-refractivity contribution in [1.82, 2.24) is 19.4 Å². The van der Waals surface area contributed by atoms with Gasteiger partial charge in [0.25, 0.3) is 0 Å². The molecule has 0 bridgehead atoms. The molecule has 1 fully saturated rings. The third-order valence-electron chi connectivity index (χ3n) is 5.71. The maximum atomic E-state index is 6.35. The number of hydrogen-bond acceptors (Lipinski definition) is 4. The topological polar surface area (TPSA) is 43.2 Å². The first kappa shape index (κ1) is 16.7. The first-order chi connectivity index (χ1) is 13.2. The summed E-state index contributed by atoms with van der Waals surface area (Å²) < 4.78 is 8.71. The van der Waals surface area contributed by atoms with E-state index in [-0.39, 0.29) is 5.60 Å². The predicted molar refractivity (Wildman–Crippen MR) is 104 cm³/mol. The molecule has 0 N–H and O–H groups in total. The Labute approximate surface area is 159 Å². The molecule has 5 heteroatoms. The van der Waals surface area contributed by atoms with Gasteiger partial charge in [-0.2, -0.15) is 0 Å². The first-order valence-electron chi connectivity index (χ1n) is 9.59. The number of imidazole rings is 1. The van der Waals surface area contributed by atoms with Gasteiger partial charge in [0.1, 0.15) is 18.0 Å². The number of ether oxygens (including phenoxy) is 1. The molecule has 1 aromatic carbocycles. The van der Waals surface area contributed by atoms with E-state index in [1.54, 1.807) is 0 Å². The second kappa shape index (κ2) is 6.59. The molecule has 4 heterocycles. The van der Waals surface area contributed by atoms with Crippen LogP contribution in [0.25, 0.3) is 11.3 Å². The summed E-state index contributed by atoms with van der Waals surface area (Å²) >= 11 is 0. The fourth-order valence-corrected chi connectivity index (χ4v) is 4.32. The molecular formula is C22H24N4O. The van der Waals surface area contributed by atoms with E-state index < -0.39 is 0 Å². The van der Waals surface area contributed by atoms with Crippen molar-refractivity contribution in [3.8, 4) is 11.3 Å². The van der Waals surface area contributed by atoms with Gasteiger partial charge in [0.2, 0.25) is 0 Å². The normalized spacial score (nSPS) is 22.3. The minimum absolute atomic E-state index is 0.124. The lowest BCUT2D eigenvalue weighted by Gasteiger charge is -2.35. The van der Waals surface area contributed by atoms with E-state index in [0.717, 1.165) is 44.1 Å². The van der Waals surface area contributed by atoms with E-state index in [1.807, 2.05) is 18.5 Å². The van der Waals surface area contributed by atoms with Crippen LogP contribution in [0.1, 0.15) is 23.5 Å². The van der Waals surface area contributed by atoms with Gasteiger partial charge in [-0.1, -0.05) is 29.8 Å². The Hall–Kier alpha value is -2.50. The number of hydrogen-bond donors (Lipinski definition) is 0. The summed E-state index contributed by atoms with van der Waals surface area (Å²) in [6.45, 7) is 6.45. The zero-order valence-corrected chi connectivity index (χ0v) is 15.6. The number of benzene rings is 1. The van der Waals surface area contributed by atoms with E-state index >= 15 is 0 Å². The van der Waals surface area contributed by atoms with E-state index in [1.165, 1.54) is 16.8 Å². The van der Waals surface area contributed by atoms with Crippen LogP contribution in [-0.4, -0.2) is 38.1 Å². The van der Waals surface area contributed by atoms with Gasteiger partial charge in [0, 0.05) is 31.4 Å². The molecule has 0 aliphatic carbocycles. The smallest absolute Gasteiger partial charge is 0.135 e. The average Bonchev–Trinajstić information content (AvgIpc) is 3.27. The molecule has 0 saturated carbocycles. The summed E-state index contributed by atoms with van der Waals surface area (Å²) in [5.74, 6) is 1.03. The Morgan fingerprint density at radius 2 is 2.07 bits per heavy atom. The molecule has 1 unspecified atom stereocenters. The van der Waals surface area contributed by atoms with Crippen molar-refractivity contribution in [2.75, 3.05) is 13.1 Å². The second-order valence-electron chi connectivity index (χ2n) is 7.77. The number of aryl methyl sites for hydroxylation is 1. The average molecular weight is 360 g/mol. The highest BCUT2D eigenvalue weighted by Gasteiger charge is 2.43. The van der Waals surface area contributed by atoms with E-state index in [2.05, 4.69) is 62.8 Å². The van der Waals surface area contributed by atoms with Crippen molar-refractivity contribution in [3.63, 3.8) is 0 Å². The van der Waals surface area contributed by atoms with Crippen molar-refractivity contribution in [3.05, 3.63) is 71.9 Å². The zero-order valence-electron chi connectivity index (χ0n) is 15.6. The highest BCUT2D eigenvalue weighted by Crippen LogP contribution is 2.35. The molecule has 5 rings (SSSR count). The molecule has 1 spiro atoms. The molecule has 1 atom stereocenters. The number of nitrogens with zero attached hydrogens (tertiary/aromatic N) is 4. The Morgan fingerprint density at radius 1 is 1.11 bits per heavy atom. The number of aromatic nitrogens is 3. The van der Waals surface area contributed by atoms with Crippen molar-refractivity contribution in [2.24, 2.45) is 0 Å². The third-order valence-corrected chi connectivity index (χ3v) is 5.71. The van der Waals surface area contributed by atoms with Gasteiger partial charge in [-0.05, 0) is 31.5 Å². The molecule has 3 aromatic rings. The lowest BCUT2D eigenvalue weighted by molar-refractivity contribution is -0.0821. The second-order valence-corrected chi connectivity index (χ2v) is 7.77. The van der Waals surface area contributed by atoms with Crippen LogP contribution >= 0.6 is 0 Å². The highest BCUT2D eigenvalue weighted by atomic mass is 16.5. The SMILES string of the molecule is Cc1cccc(-c2cnc3n2CC2(CCN(Cc4ccccn4)C2)OC3)c1. The van der Waals surface area contributed by atoms with Crippen LogP contribution in [0, 0.1) is 6.92 Å². The maximum absolute atomic E-state index is 6.35. The van der Waals surface area contributed by atoms with Crippen molar-refractivity contribution < 1.29 is 4.74 Å². The summed E-state index contributed by atoms with van der Waals surface area (Å²) in [6.07, 6.45) is 4.90. The fraction of sp³-hybridized carbons (Fsp3) is 0.364. The zero-order chi connectivity index (χ0) is 18.3. The Kier molecular flexibility index (Phi) is 4.06. The van der Waals surface area contributed by atoms with E-state index in [9.17, 15) is 0 Å². The number of rotatable bonds is 3. The van der Waals surface area contributed by atoms with Crippen LogP contribution in [0.4, 0.5) is 0 Å². The van der Waals surface area contributed by atoms with Gasteiger partial charge >= 0.3 is 0 Å². The molecule has 5 nitrogen and oxygen atoms in total. The molecular weight excluding hydrogens is 336 g/mol. The Morgan fingerprint density at radius 3 is 2.93 bits per heavy atom. The maximum Gasteiger partial charge on any atom is 0.135 e. The van der Waals surface area contributed by atoms with Gasteiger partial charge in [-0.15, -0.1) is 0 Å². The first-order valence-corrected chi connectivity index (χ1v) is 9.59.